The second-order valence-corrected chi connectivity index (χ2v) is 4.17. The molecule has 4 nitrogen and oxygen atoms in total. The lowest BCUT2D eigenvalue weighted by Gasteiger charge is -2.11. The highest BCUT2D eigenvalue weighted by Gasteiger charge is 2.32. The molecule has 0 radical (unpaired) electrons. The van der Waals surface area contributed by atoms with Crippen molar-refractivity contribution in [3.8, 4) is 5.88 Å². The summed E-state index contributed by atoms with van der Waals surface area (Å²) in [7, 11) is 1.25. The van der Waals surface area contributed by atoms with Crippen molar-refractivity contribution >= 4 is 17.7 Å². The molecule has 0 N–H and O–H groups in total. The molecule has 0 aliphatic carbocycles. The first-order valence-electron chi connectivity index (χ1n) is 4.83. The van der Waals surface area contributed by atoms with E-state index in [2.05, 4.69) is 14.5 Å². The molecule has 0 atom stereocenters. The molecule has 0 aromatic carbocycles. The van der Waals surface area contributed by atoms with Crippen molar-refractivity contribution in [3.05, 3.63) is 18.3 Å². The topological polar surface area (TPSA) is 48.4 Å². The van der Waals surface area contributed by atoms with Crippen molar-refractivity contribution < 1.29 is 27.4 Å². The van der Waals surface area contributed by atoms with Crippen LogP contribution in [-0.4, -0.2) is 30.2 Å². The van der Waals surface area contributed by atoms with Crippen LogP contribution in [0.15, 0.2) is 23.2 Å². The third kappa shape index (κ3) is 5.26. The molecule has 0 saturated heterocycles. The van der Waals surface area contributed by atoms with Gasteiger partial charge in [-0.25, -0.2) is 4.98 Å². The number of rotatable bonds is 5. The van der Waals surface area contributed by atoms with Gasteiger partial charge in [-0.1, -0.05) is 0 Å². The lowest BCUT2D eigenvalue weighted by molar-refractivity contribution is -0.277. The highest BCUT2D eigenvalue weighted by molar-refractivity contribution is 7.99. The number of methoxy groups -OCH3 is 1. The fraction of sp³-hybridized carbons (Fsp3) is 0.400. The Bertz CT molecular complexity index is 412. The van der Waals surface area contributed by atoms with Gasteiger partial charge in [-0.05, 0) is 12.1 Å². The third-order valence-corrected chi connectivity index (χ3v) is 2.77. The van der Waals surface area contributed by atoms with Crippen molar-refractivity contribution in [3.63, 3.8) is 0 Å². The van der Waals surface area contributed by atoms with Gasteiger partial charge >= 0.3 is 12.3 Å². The number of halogens is 3. The minimum absolute atomic E-state index is 0.0987. The van der Waals surface area contributed by atoms with E-state index in [1.807, 2.05) is 0 Å². The number of thioether (sulfide) groups is 1. The van der Waals surface area contributed by atoms with Crippen LogP contribution < -0.4 is 4.74 Å². The summed E-state index contributed by atoms with van der Waals surface area (Å²) in [6.45, 7) is 0. The van der Waals surface area contributed by atoms with Gasteiger partial charge in [0.25, 0.3) is 0 Å². The number of aromatic nitrogens is 1. The molecule has 18 heavy (non-hydrogen) atoms. The van der Waals surface area contributed by atoms with E-state index in [0.717, 1.165) is 11.8 Å². The Balaban J connectivity index is 2.62. The Morgan fingerprint density at radius 1 is 1.50 bits per heavy atom. The number of carbonyl (C=O) groups excluding carboxylic acids is 1. The van der Waals surface area contributed by atoms with Gasteiger partial charge in [0.15, 0.2) is 0 Å². The van der Waals surface area contributed by atoms with Crippen molar-refractivity contribution in [1.82, 2.24) is 4.98 Å². The first-order valence-corrected chi connectivity index (χ1v) is 5.81. The minimum atomic E-state index is -4.79. The molecule has 8 heteroatoms. The first-order chi connectivity index (χ1) is 8.42. The molecule has 1 aromatic rings. The zero-order chi connectivity index (χ0) is 13.6. The van der Waals surface area contributed by atoms with Crippen LogP contribution >= 0.6 is 11.8 Å². The van der Waals surface area contributed by atoms with E-state index in [1.165, 1.54) is 25.4 Å². The number of alkyl halides is 3. The van der Waals surface area contributed by atoms with Crippen LogP contribution in [0, 0.1) is 0 Å². The van der Waals surface area contributed by atoms with Crippen molar-refractivity contribution in [2.24, 2.45) is 0 Å². The van der Waals surface area contributed by atoms with Crippen LogP contribution in [0.25, 0.3) is 0 Å². The van der Waals surface area contributed by atoms with Crippen molar-refractivity contribution in [2.45, 2.75) is 17.7 Å². The Morgan fingerprint density at radius 3 is 2.83 bits per heavy atom. The van der Waals surface area contributed by atoms with Crippen LogP contribution in [0.1, 0.15) is 6.42 Å². The molecule has 0 spiro atoms. The summed E-state index contributed by atoms with van der Waals surface area (Å²) in [5.41, 5.74) is 0. The van der Waals surface area contributed by atoms with E-state index in [9.17, 15) is 18.0 Å². The number of ether oxygens (including phenoxy) is 2. The number of carbonyl (C=O) groups is 1. The highest BCUT2D eigenvalue weighted by atomic mass is 32.2. The Hall–Kier alpha value is -1.44. The van der Waals surface area contributed by atoms with Gasteiger partial charge in [0.1, 0.15) is 0 Å². The molecular formula is C10H10F3NO3S. The Morgan fingerprint density at radius 2 is 2.22 bits per heavy atom. The predicted molar refractivity (Wildman–Crippen MR) is 58.3 cm³/mol. The summed E-state index contributed by atoms with van der Waals surface area (Å²) in [6, 6.07) is 2.93. The predicted octanol–water partition coefficient (Wildman–Crippen LogP) is 2.64. The normalized spacial score (nSPS) is 11.1. The van der Waals surface area contributed by atoms with E-state index in [1.54, 1.807) is 0 Å². The summed E-state index contributed by atoms with van der Waals surface area (Å²) in [5, 5.41) is 0. The summed E-state index contributed by atoms with van der Waals surface area (Å²) >= 11 is 1.04. The van der Waals surface area contributed by atoms with Gasteiger partial charge in [-0.15, -0.1) is 24.9 Å². The van der Waals surface area contributed by atoms with Crippen LogP contribution in [0.5, 0.6) is 5.88 Å². The molecule has 1 aromatic heterocycles. The minimum Gasteiger partial charge on any atom is -0.469 e. The molecule has 100 valence electrons. The SMILES string of the molecule is COC(=O)CCSc1cccnc1OC(F)(F)F. The summed E-state index contributed by atoms with van der Waals surface area (Å²) < 4.78 is 44.4. The largest absolute Gasteiger partial charge is 0.574 e. The lowest BCUT2D eigenvalue weighted by atomic mass is 10.5. The fourth-order valence-electron chi connectivity index (χ4n) is 1.02. The van der Waals surface area contributed by atoms with Gasteiger partial charge in [0, 0.05) is 11.9 Å². The monoisotopic (exact) mass is 281 g/mol. The standard InChI is InChI=1S/C10H10F3NO3S/c1-16-8(15)4-6-18-7-3-2-5-14-9(7)17-10(11,12)13/h2-3,5H,4,6H2,1H3. The quantitative estimate of drug-likeness (QED) is 0.613. The Kier molecular flexibility index (Phi) is 5.26. The van der Waals surface area contributed by atoms with E-state index < -0.39 is 18.2 Å². The average Bonchev–Trinajstić information content (AvgIpc) is 2.29. The van der Waals surface area contributed by atoms with Crippen LogP contribution in [0.3, 0.4) is 0 Å². The first kappa shape index (κ1) is 14.6. The van der Waals surface area contributed by atoms with Crippen LogP contribution in [0.2, 0.25) is 0 Å². The zero-order valence-electron chi connectivity index (χ0n) is 9.36. The van der Waals surface area contributed by atoms with Gasteiger partial charge in [0.2, 0.25) is 5.88 Å². The molecule has 0 aliphatic rings. The molecule has 0 amide bonds. The summed E-state index contributed by atoms with van der Waals surface area (Å²) in [5.74, 6) is -0.656. The maximum atomic E-state index is 12.1. The van der Waals surface area contributed by atoms with E-state index >= 15 is 0 Å². The number of hydrogen-bond donors (Lipinski definition) is 0. The second-order valence-electron chi connectivity index (χ2n) is 3.03. The number of esters is 1. The van der Waals surface area contributed by atoms with Crippen molar-refractivity contribution in [2.75, 3.05) is 12.9 Å². The van der Waals surface area contributed by atoms with Gasteiger partial charge in [-0.2, -0.15) is 0 Å². The number of nitrogens with zero attached hydrogens (tertiary/aromatic N) is 1. The number of pyridine rings is 1. The Labute approximate surface area is 105 Å². The molecule has 0 fully saturated rings. The molecule has 0 saturated carbocycles. The molecule has 0 unspecified atom stereocenters. The molecule has 1 rings (SSSR count). The average molecular weight is 281 g/mol. The van der Waals surface area contributed by atoms with Gasteiger partial charge < -0.3 is 9.47 Å². The molecule has 0 aliphatic heterocycles. The zero-order valence-corrected chi connectivity index (χ0v) is 10.2. The van der Waals surface area contributed by atoms with Crippen LogP contribution in [0.4, 0.5) is 13.2 Å². The van der Waals surface area contributed by atoms with Crippen molar-refractivity contribution in [1.29, 1.82) is 0 Å². The van der Waals surface area contributed by atoms with Gasteiger partial charge in [0.05, 0.1) is 18.4 Å². The molecular weight excluding hydrogens is 271 g/mol. The van der Waals surface area contributed by atoms with E-state index in [4.69, 9.17) is 0 Å². The maximum absolute atomic E-state index is 12.1. The number of hydrogen-bond acceptors (Lipinski definition) is 5. The van der Waals surface area contributed by atoms with E-state index in [-0.39, 0.29) is 17.1 Å². The molecule has 0 bridgehead atoms. The highest BCUT2D eigenvalue weighted by Crippen LogP contribution is 2.31. The van der Waals surface area contributed by atoms with E-state index in [0.29, 0.717) is 0 Å². The fourth-order valence-corrected chi connectivity index (χ4v) is 1.90. The second kappa shape index (κ2) is 6.48. The summed E-state index contributed by atoms with van der Waals surface area (Å²) in [6.07, 6.45) is -3.49. The van der Waals surface area contributed by atoms with Crippen LogP contribution in [-0.2, 0) is 9.53 Å². The van der Waals surface area contributed by atoms with Gasteiger partial charge in [-0.3, -0.25) is 4.79 Å². The smallest absolute Gasteiger partial charge is 0.469 e. The third-order valence-electron chi connectivity index (χ3n) is 1.74. The lowest BCUT2D eigenvalue weighted by Crippen LogP contribution is -2.18. The molecule has 1 heterocycles. The maximum Gasteiger partial charge on any atom is 0.574 e. The summed E-state index contributed by atoms with van der Waals surface area (Å²) in [4.78, 5) is 14.6.